The molecule has 14 aromatic rings. The van der Waals surface area contributed by atoms with Crippen molar-refractivity contribution in [3.63, 3.8) is 0 Å². The first-order valence-electron chi connectivity index (χ1n) is 42.5. The second-order valence-electron chi connectivity index (χ2n) is 30.2. The van der Waals surface area contributed by atoms with E-state index in [1.165, 1.54) is 29.5 Å². The van der Waals surface area contributed by atoms with Crippen LogP contribution in [0.1, 0.15) is 101 Å². The minimum absolute atomic E-state index is 0.145. The maximum atomic E-state index is 12.8. The van der Waals surface area contributed by atoms with Gasteiger partial charge in [-0.15, -0.1) is 4.83 Å². The number of likely N-dealkylation sites (N-methyl/N-ethyl adjacent to an activating group) is 2. The molecule has 4 heterocycles. The molecule has 14 rings (SSSR count). The molecule has 134 heavy (non-hydrogen) atoms. The highest BCUT2D eigenvalue weighted by Gasteiger charge is 2.17. The Balaban J connectivity index is 0.000000173. The van der Waals surface area contributed by atoms with Crippen molar-refractivity contribution >= 4 is 91.6 Å². The number of pyridine rings is 2. The summed E-state index contributed by atoms with van der Waals surface area (Å²) in [5.74, 6) is -1.41. The molecule has 0 aliphatic rings. The van der Waals surface area contributed by atoms with Gasteiger partial charge in [0.1, 0.15) is 5.69 Å². The molecule has 0 spiro atoms. The average molecular weight is 1840 g/mol. The number of nitrogens with one attached hydrogen (secondary N) is 14. The number of aromatic nitrogens is 6. The Labute approximate surface area is 783 Å². The zero-order valence-corrected chi connectivity index (χ0v) is 76.5. The van der Waals surface area contributed by atoms with Gasteiger partial charge in [-0.1, -0.05) is 163 Å². The number of rotatable bonds is 38. The largest absolute Gasteiger partial charge is 0.350 e. The van der Waals surface area contributed by atoms with Gasteiger partial charge in [0.25, 0.3) is 45.5 Å². The number of carbonyl (C=O) groups excluding carboxylic acids is 6. The lowest BCUT2D eigenvalue weighted by molar-refractivity contribution is 0.0942. The quantitative estimate of drug-likeness (QED) is 0.00971. The predicted molar refractivity (Wildman–Crippen MR) is 524 cm³/mol. The second-order valence-corrected chi connectivity index (χ2v) is 32.6. The van der Waals surface area contributed by atoms with E-state index in [-0.39, 0.29) is 46.0 Å². The van der Waals surface area contributed by atoms with Gasteiger partial charge in [0.15, 0.2) is 11.0 Å². The summed E-state index contributed by atoms with van der Waals surface area (Å²) in [7, 11) is 4.75. The van der Waals surface area contributed by atoms with Crippen LogP contribution in [0.5, 0.6) is 0 Å². The smallest absolute Gasteiger partial charge is 0.288 e. The summed E-state index contributed by atoms with van der Waals surface area (Å²) in [5.41, 5.74) is 38.9. The molecule has 690 valence electrons. The average Bonchev–Trinajstić information content (AvgIpc) is 0.832. The van der Waals surface area contributed by atoms with Crippen LogP contribution in [-0.2, 0) is 49.3 Å². The molecule has 0 radical (unpaired) electrons. The Kier molecular flexibility index (Phi) is 41.0. The molecule has 0 bridgehead atoms. The molecule has 0 saturated carbocycles. The van der Waals surface area contributed by atoms with E-state index in [2.05, 4.69) is 160 Å². The highest BCUT2D eigenvalue weighted by molar-refractivity contribution is 7.98. The lowest BCUT2D eigenvalue weighted by Crippen LogP contribution is -2.36. The fourth-order valence-corrected chi connectivity index (χ4v) is 13.2. The first kappa shape index (κ1) is 100. The van der Waals surface area contributed by atoms with Gasteiger partial charge >= 0.3 is 0 Å². The van der Waals surface area contributed by atoms with E-state index in [9.17, 15) is 41.6 Å². The van der Waals surface area contributed by atoms with Crippen LogP contribution in [0, 0.1) is 12.7 Å². The monoisotopic (exact) mass is 1840 g/mol. The summed E-state index contributed by atoms with van der Waals surface area (Å²) in [4.78, 5) is 106. The number of hydrogen-bond donors (Lipinski definition) is 14. The highest BCUT2D eigenvalue weighted by atomic mass is 32.2. The number of thioether (sulfide) groups is 1. The number of hydrogen-bond acceptors (Lipinski definition) is 25. The van der Waals surface area contributed by atoms with Gasteiger partial charge in [-0.25, -0.2) is 32.7 Å². The Bertz CT molecular complexity index is 6030. The molecule has 0 aliphatic heterocycles. The summed E-state index contributed by atoms with van der Waals surface area (Å²) < 4.78 is 37.1. The van der Waals surface area contributed by atoms with Crippen molar-refractivity contribution in [1.82, 2.24) is 87.1 Å². The maximum absolute atomic E-state index is 12.8. The standard InChI is InChI=1S/C22H33N5O.C21H22N4O.C21H19N3O2.C19H18N4O3S.C17H16FN7OS/c1-25(2)14-16-27(17-15-26(3)4)18-19-10-12-21(13-11-19)23-24-22(28)20-8-6-5-7-9-20;1-16-5-4-6-18(13-16)21(26)25-24-19-10-8-17(9-11-19)14-22-15-20-7-2-3-12-23-20;25-20(22-15-16-7-3-1-4-8-16)18-11-13-19(14-12-18)23-24-21(26)17-9-5-2-6-10-17;24-19(21-14-17-6-4-5-13-20-17)15-9-11-16(12-10-15)22-23-27(25,26)18-7-2-1-3-8-18;1-27-17-19-7-6-14(23-17)15(26)25-24-13-4-2-11(3-5-13)8-20-16-21-9-12(18)10-22-16/h5-13,23H,14-18H2,1-4H3,(H,24,28);2-13,22,24H,14-15H2,1H3,(H,25,26);1-14,23H,15H2,(H,22,25)(H,24,26);1-13,22-23H,14H2,(H,21,24);2-7,9-10,24H,8H2,1H3,(H,25,26)(H,20,21,22). The predicted octanol–water partition coefficient (Wildman–Crippen LogP) is 14.0. The zero-order chi connectivity index (χ0) is 94.9. The summed E-state index contributed by atoms with van der Waals surface area (Å²) in [5, 5.41) is 12.5. The lowest BCUT2D eigenvalue weighted by atomic mass is 10.1. The maximum Gasteiger partial charge on any atom is 0.288 e. The Morgan fingerprint density at radius 2 is 0.776 bits per heavy atom. The summed E-state index contributed by atoms with van der Waals surface area (Å²) in [6, 6.07) is 93.1. The van der Waals surface area contributed by atoms with E-state index in [0.717, 1.165) is 103 Å². The van der Waals surface area contributed by atoms with Crippen molar-refractivity contribution in [1.29, 1.82) is 0 Å². The van der Waals surface area contributed by atoms with E-state index < -0.39 is 15.8 Å². The van der Waals surface area contributed by atoms with Gasteiger partial charge in [0, 0.05) is 111 Å². The topological polar surface area (TPSA) is 392 Å². The zero-order valence-electron chi connectivity index (χ0n) is 74.9. The second kappa shape index (κ2) is 54.7. The molecule has 4 aromatic heterocycles. The van der Waals surface area contributed by atoms with Gasteiger partial charge in [-0.05, 0) is 227 Å². The minimum Gasteiger partial charge on any atom is -0.350 e. The number of benzene rings is 10. The normalized spacial score (nSPS) is 10.6. The minimum atomic E-state index is -3.67. The first-order chi connectivity index (χ1) is 65.0. The van der Waals surface area contributed by atoms with E-state index in [1.54, 1.807) is 134 Å². The number of sulfonamides is 1. The number of amides is 6. The lowest BCUT2D eigenvalue weighted by Gasteiger charge is -2.25. The third-order valence-electron chi connectivity index (χ3n) is 19.2. The number of halogens is 1. The molecule has 6 amide bonds. The van der Waals surface area contributed by atoms with Crippen molar-refractivity contribution in [2.75, 3.05) is 93.1 Å². The van der Waals surface area contributed by atoms with Crippen molar-refractivity contribution < 1.29 is 41.6 Å². The van der Waals surface area contributed by atoms with E-state index in [4.69, 9.17) is 0 Å². The molecule has 14 N–H and O–H groups in total. The Hall–Kier alpha value is -15.7. The molecule has 0 saturated heterocycles. The number of anilines is 6. The summed E-state index contributed by atoms with van der Waals surface area (Å²) >= 11 is 1.36. The number of carbonyl (C=O) groups is 6. The summed E-state index contributed by atoms with van der Waals surface area (Å²) in [6.45, 7) is 9.81. The molecule has 34 heteroatoms. The van der Waals surface area contributed by atoms with Crippen molar-refractivity contribution in [3.05, 3.63) is 419 Å². The van der Waals surface area contributed by atoms with E-state index in [1.807, 2.05) is 183 Å². The SMILES string of the molecule is CN(C)CCN(CCN(C)C)Cc1ccc(NNC(=O)c2ccccc2)cc1.CSc1nccc(C(=O)NNc2ccc(CNc3ncc(F)cn3)cc2)n1.Cc1cccc(C(=O)NNc2ccc(CNCc3ccccn3)cc2)c1.O=C(NCc1ccccc1)c1ccc(NNC(=O)c2ccccc2)cc1.O=C(NCc1ccccn1)c1ccc(NNS(=O)(=O)c2ccccc2)cc1. The number of nitrogens with zero attached hydrogens (tertiary/aromatic N) is 9. The van der Waals surface area contributed by atoms with Gasteiger partial charge in [0.05, 0.1) is 58.0 Å². The van der Waals surface area contributed by atoms with Crippen LogP contribution in [0.4, 0.5) is 38.8 Å². The molecule has 0 unspecified atom stereocenters. The van der Waals surface area contributed by atoms with Gasteiger partial charge in [-0.2, -0.15) is 0 Å². The molecule has 0 atom stereocenters. The number of aryl methyl sites for hydroxylation is 1. The van der Waals surface area contributed by atoms with Crippen LogP contribution in [0.15, 0.2) is 350 Å². The van der Waals surface area contributed by atoms with Crippen LogP contribution < -0.4 is 74.9 Å². The van der Waals surface area contributed by atoms with Crippen LogP contribution in [0.25, 0.3) is 0 Å². The fraction of sp³-hybridized carbons (Fsp3) is 0.160. The first-order valence-corrected chi connectivity index (χ1v) is 45.2. The van der Waals surface area contributed by atoms with E-state index in [0.29, 0.717) is 75.6 Å². The molecule has 31 nitrogen and oxygen atoms in total. The van der Waals surface area contributed by atoms with Crippen LogP contribution in [0.2, 0.25) is 0 Å². The molecular weight excluding hydrogens is 1730 g/mol. The number of hydrazine groups is 5. The van der Waals surface area contributed by atoms with Crippen LogP contribution in [-0.4, -0.2) is 149 Å². The van der Waals surface area contributed by atoms with Crippen molar-refractivity contribution in [3.8, 4) is 0 Å². The fourth-order valence-electron chi connectivity index (χ4n) is 11.9. The van der Waals surface area contributed by atoms with Crippen molar-refractivity contribution in [2.24, 2.45) is 0 Å². The van der Waals surface area contributed by atoms with Gasteiger partial charge in [-0.3, -0.25) is 87.0 Å². The third kappa shape index (κ3) is 36.7. The molecule has 0 aliphatic carbocycles. The Morgan fingerprint density at radius 3 is 1.25 bits per heavy atom. The molecular formula is C100H108FN23O8S2. The third-order valence-corrected chi connectivity index (χ3v) is 21.1. The molecule has 10 aromatic carbocycles. The van der Waals surface area contributed by atoms with Gasteiger partial charge < -0.3 is 36.5 Å². The van der Waals surface area contributed by atoms with Gasteiger partial charge in [0.2, 0.25) is 5.95 Å². The highest BCUT2D eigenvalue weighted by Crippen LogP contribution is 2.19. The molecule has 0 fully saturated rings. The Morgan fingerprint density at radius 1 is 0.366 bits per heavy atom. The van der Waals surface area contributed by atoms with E-state index >= 15 is 0 Å². The van der Waals surface area contributed by atoms with Crippen LogP contribution >= 0.6 is 11.8 Å². The van der Waals surface area contributed by atoms with Crippen molar-refractivity contribution in [2.45, 2.75) is 56.2 Å². The summed E-state index contributed by atoms with van der Waals surface area (Å²) in [6.07, 6.45) is 9.05. The van der Waals surface area contributed by atoms with Crippen LogP contribution in [0.3, 0.4) is 0 Å².